The molecule has 4 fully saturated rings. The van der Waals surface area contributed by atoms with Gasteiger partial charge in [-0.3, -0.25) is 0 Å². The van der Waals surface area contributed by atoms with E-state index in [1.54, 1.807) is 0 Å². The van der Waals surface area contributed by atoms with E-state index in [9.17, 15) is 5.11 Å². The van der Waals surface area contributed by atoms with Crippen LogP contribution in [0.25, 0.3) is 0 Å². The Labute approximate surface area is 192 Å². The van der Waals surface area contributed by atoms with Crippen molar-refractivity contribution < 1.29 is 5.11 Å². The van der Waals surface area contributed by atoms with Crippen molar-refractivity contribution in [3.8, 4) is 0 Å². The largest absolute Gasteiger partial charge is 0.393 e. The fourth-order valence-corrected chi connectivity index (χ4v) is 10.5. The Hall–Kier alpha value is -0.300. The van der Waals surface area contributed by atoms with Gasteiger partial charge in [-0.15, -0.1) is 0 Å². The van der Waals surface area contributed by atoms with Crippen molar-refractivity contribution in [2.24, 2.45) is 50.2 Å². The second-order valence-corrected chi connectivity index (χ2v) is 15.2. The Kier molecular flexibility index (Phi) is 4.66. The first-order valence-corrected chi connectivity index (χ1v) is 13.6. The molecule has 8 atom stereocenters. The van der Waals surface area contributed by atoms with Crippen molar-refractivity contribution in [1.82, 2.24) is 0 Å². The number of aliphatic hydroxyl groups is 1. The average molecular weight is 427 g/mol. The maximum absolute atomic E-state index is 10.9. The summed E-state index contributed by atoms with van der Waals surface area (Å²) in [6.45, 7) is 20.4. The third-order valence-electron chi connectivity index (χ3n) is 13.0. The molecule has 1 nitrogen and oxygen atoms in total. The van der Waals surface area contributed by atoms with Crippen LogP contribution in [0.5, 0.6) is 0 Å². The second kappa shape index (κ2) is 6.43. The van der Waals surface area contributed by atoms with Crippen LogP contribution in [0.4, 0.5) is 0 Å². The lowest BCUT2D eigenvalue weighted by Crippen LogP contribution is -2.64. The monoisotopic (exact) mass is 426 g/mol. The highest BCUT2D eigenvalue weighted by molar-refractivity contribution is 5.33. The number of aliphatic hydroxyl groups excluding tert-OH is 1. The van der Waals surface area contributed by atoms with Gasteiger partial charge in [0.1, 0.15) is 0 Å². The van der Waals surface area contributed by atoms with E-state index in [2.05, 4.69) is 61.5 Å². The van der Waals surface area contributed by atoms with Crippen molar-refractivity contribution in [2.75, 3.05) is 0 Å². The zero-order valence-electron chi connectivity index (χ0n) is 21.9. The van der Waals surface area contributed by atoms with Gasteiger partial charge in [0.05, 0.1) is 6.10 Å². The molecule has 0 heterocycles. The van der Waals surface area contributed by atoms with Crippen LogP contribution < -0.4 is 0 Å². The van der Waals surface area contributed by atoms with Crippen LogP contribution in [-0.4, -0.2) is 11.2 Å². The van der Waals surface area contributed by atoms with E-state index in [1.807, 2.05) is 5.57 Å². The minimum Gasteiger partial charge on any atom is -0.393 e. The number of allylic oxidation sites excluding steroid dienone is 2. The lowest BCUT2D eigenvalue weighted by Gasteiger charge is -2.71. The highest BCUT2D eigenvalue weighted by Crippen LogP contribution is 2.75. The maximum atomic E-state index is 10.9. The first-order chi connectivity index (χ1) is 14.2. The predicted molar refractivity (Wildman–Crippen MR) is 131 cm³/mol. The van der Waals surface area contributed by atoms with E-state index in [4.69, 9.17) is 0 Å². The molecule has 0 bridgehead atoms. The molecular weight excluding hydrogens is 376 g/mol. The average Bonchev–Trinajstić information content (AvgIpc) is 2.67. The highest BCUT2D eigenvalue weighted by Gasteiger charge is 2.67. The predicted octanol–water partition coefficient (Wildman–Crippen LogP) is 8.17. The van der Waals surface area contributed by atoms with Gasteiger partial charge in [-0.2, -0.15) is 0 Å². The molecule has 1 N–H and O–H groups in total. The maximum Gasteiger partial charge on any atom is 0.0594 e. The fourth-order valence-electron chi connectivity index (χ4n) is 10.5. The van der Waals surface area contributed by atoms with Crippen LogP contribution in [0, 0.1) is 50.2 Å². The van der Waals surface area contributed by atoms with Gasteiger partial charge in [-0.1, -0.05) is 67.0 Å². The van der Waals surface area contributed by atoms with Crippen LogP contribution >= 0.6 is 0 Å². The SMILES string of the molecule is CC1(C)CC[C@]2(C)CC[C@]3(C)C(=CC[C@@H]4[C@@]5(C)CC[C@H](O)C(C)(C)[C@@H]5CC[C@]43C)[C@@H]2C1. The zero-order valence-corrected chi connectivity index (χ0v) is 21.9. The molecule has 0 aliphatic heterocycles. The summed E-state index contributed by atoms with van der Waals surface area (Å²) in [7, 11) is 0. The van der Waals surface area contributed by atoms with Gasteiger partial charge >= 0.3 is 0 Å². The molecule has 0 unspecified atom stereocenters. The molecule has 0 saturated heterocycles. The summed E-state index contributed by atoms with van der Waals surface area (Å²) in [5, 5.41) is 10.9. The molecule has 0 aromatic rings. The standard InChI is InChI=1S/C30H50O/c1-25(2)15-16-27(5)17-18-29(7)20(21(27)19-25)9-10-23-28(6)13-12-24(31)26(3,4)22(28)11-14-30(23,29)8/h9,21-24,31H,10-19H2,1-8H3/t21-,22-,23+,24-,27+,28-,29+,30+/m0/s1. The minimum atomic E-state index is -0.125. The topological polar surface area (TPSA) is 20.2 Å². The molecule has 0 spiro atoms. The number of fused-ring (bicyclic) bond motifs is 7. The third-order valence-corrected chi connectivity index (χ3v) is 13.0. The Balaban J connectivity index is 1.57. The summed E-state index contributed by atoms with van der Waals surface area (Å²) < 4.78 is 0. The fraction of sp³-hybridized carbons (Fsp3) is 0.933. The van der Waals surface area contributed by atoms with Crippen molar-refractivity contribution in [3.05, 3.63) is 11.6 Å². The first kappa shape index (κ1) is 22.5. The van der Waals surface area contributed by atoms with Crippen molar-refractivity contribution in [1.29, 1.82) is 0 Å². The van der Waals surface area contributed by atoms with Crippen LogP contribution in [0.15, 0.2) is 11.6 Å². The Morgan fingerprint density at radius 1 is 0.774 bits per heavy atom. The molecule has 5 rings (SSSR count). The lowest BCUT2D eigenvalue weighted by molar-refractivity contribution is -0.202. The normalized spacial score (nSPS) is 55.2. The van der Waals surface area contributed by atoms with Crippen LogP contribution in [-0.2, 0) is 0 Å². The molecule has 5 aliphatic rings. The Bertz CT molecular complexity index is 790. The second-order valence-electron chi connectivity index (χ2n) is 15.2. The molecule has 0 radical (unpaired) electrons. The number of rotatable bonds is 0. The van der Waals surface area contributed by atoms with Gasteiger partial charge in [0.2, 0.25) is 0 Å². The van der Waals surface area contributed by atoms with E-state index in [0.29, 0.717) is 33.0 Å². The van der Waals surface area contributed by atoms with Crippen molar-refractivity contribution in [2.45, 2.75) is 126 Å². The van der Waals surface area contributed by atoms with Gasteiger partial charge in [0.15, 0.2) is 0 Å². The van der Waals surface area contributed by atoms with E-state index in [1.165, 1.54) is 57.8 Å². The van der Waals surface area contributed by atoms with E-state index in [-0.39, 0.29) is 11.5 Å². The summed E-state index contributed by atoms with van der Waals surface area (Å²) in [4.78, 5) is 0. The molecule has 0 aromatic carbocycles. The van der Waals surface area contributed by atoms with Crippen LogP contribution in [0.3, 0.4) is 0 Å². The summed E-state index contributed by atoms with van der Waals surface area (Å²) in [5.74, 6) is 2.21. The summed E-state index contributed by atoms with van der Waals surface area (Å²) in [5.41, 5.74) is 4.09. The number of hydrogen-bond acceptors (Lipinski definition) is 1. The lowest BCUT2D eigenvalue weighted by atomic mass is 9.33. The number of hydrogen-bond donors (Lipinski definition) is 1. The summed E-state index contributed by atoms with van der Waals surface area (Å²) in [6.07, 6.45) is 15.9. The Morgan fingerprint density at radius 3 is 2.16 bits per heavy atom. The van der Waals surface area contributed by atoms with E-state index in [0.717, 1.165) is 18.3 Å². The van der Waals surface area contributed by atoms with Crippen LogP contribution in [0.2, 0.25) is 0 Å². The quantitative estimate of drug-likeness (QED) is 0.387. The van der Waals surface area contributed by atoms with Crippen molar-refractivity contribution in [3.63, 3.8) is 0 Å². The van der Waals surface area contributed by atoms with Gasteiger partial charge in [0, 0.05) is 0 Å². The van der Waals surface area contributed by atoms with Crippen molar-refractivity contribution >= 4 is 0 Å². The molecule has 0 amide bonds. The van der Waals surface area contributed by atoms with Crippen LogP contribution in [0.1, 0.15) is 120 Å². The molecule has 5 aliphatic carbocycles. The van der Waals surface area contributed by atoms with Gasteiger partial charge < -0.3 is 5.11 Å². The summed E-state index contributed by atoms with van der Waals surface area (Å²) in [6, 6.07) is 0. The zero-order chi connectivity index (χ0) is 22.7. The first-order valence-electron chi connectivity index (χ1n) is 13.6. The minimum absolute atomic E-state index is 0.0533. The van der Waals surface area contributed by atoms with E-state index < -0.39 is 0 Å². The molecule has 31 heavy (non-hydrogen) atoms. The van der Waals surface area contributed by atoms with E-state index >= 15 is 0 Å². The third kappa shape index (κ3) is 2.77. The summed E-state index contributed by atoms with van der Waals surface area (Å²) >= 11 is 0. The molecule has 1 heteroatoms. The highest BCUT2D eigenvalue weighted by atomic mass is 16.3. The molecule has 4 saturated carbocycles. The smallest absolute Gasteiger partial charge is 0.0594 e. The molecule has 176 valence electrons. The molecule has 0 aromatic heterocycles. The van der Waals surface area contributed by atoms with Gasteiger partial charge in [-0.05, 0) is 114 Å². The van der Waals surface area contributed by atoms with Gasteiger partial charge in [-0.25, -0.2) is 0 Å². The molecular formula is C30H50O. The van der Waals surface area contributed by atoms with Gasteiger partial charge in [0.25, 0.3) is 0 Å². The Morgan fingerprint density at radius 2 is 1.45 bits per heavy atom.